The van der Waals surface area contributed by atoms with E-state index in [0.717, 1.165) is 41.2 Å². The van der Waals surface area contributed by atoms with Crippen LogP contribution in [0.4, 0.5) is 17.5 Å². The maximum Gasteiger partial charge on any atom is 0.226 e. The average molecular weight is 387 g/mol. The molecule has 4 aromatic rings. The van der Waals surface area contributed by atoms with Crippen molar-refractivity contribution in [2.45, 2.75) is 27.2 Å². The number of rotatable bonds is 7. The van der Waals surface area contributed by atoms with Crippen molar-refractivity contribution in [1.29, 1.82) is 0 Å². The molecule has 2 aromatic carbocycles. The third-order valence-corrected chi connectivity index (χ3v) is 4.75. The largest absolute Gasteiger partial charge is 0.354 e. The number of nitrogens with zero attached hydrogens (tertiary/aromatic N) is 4. The summed E-state index contributed by atoms with van der Waals surface area (Å²) in [6.07, 6.45) is 2.87. The first-order chi connectivity index (χ1) is 14.1. The van der Waals surface area contributed by atoms with Crippen LogP contribution in [0.3, 0.4) is 0 Å². The third kappa shape index (κ3) is 4.37. The first kappa shape index (κ1) is 18.9. The molecule has 0 unspecified atom stereocenters. The predicted octanol–water partition coefficient (Wildman–Crippen LogP) is 5.33. The molecule has 4 rings (SSSR count). The molecule has 2 aromatic heterocycles. The van der Waals surface area contributed by atoms with Gasteiger partial charge in [-0.3, -0.25) is 0 Å². The van der Waals surface area contributed by atoms with E-state index in [1.807, 2.05) is 41.2 Å². The van der Waals surface area contributed by atoms with Crippen molar-refractivity contribution in [3.05, 3.63) is 66.4 Å². The molecular weight excluding hydrogens is 360 g/mol. The van der Waals surface area contributed by atoms with Crippen LogP contribution in [0, 0.1) is 12.8 Å². The minimum Gasteiger partial charge on any atom is -0.354 e. The highest BCUT2D eigenvalue weighted by atomic mass is 15.3. The van der Waals surface area contributed by atoms with E-state index in [2.05, 4.69) is 60.8 Å². The molecule has 6 heteroatoms. The summed E-state index contributed by atoms with van der Waals surface area (Å²) < 4.78 is 1.85. The topological polar surface area (TPSA) is 67.7 Å². The fourth-order valence-electron chi connectivity index (χ4n) is 3.09. The second-order valence-electron chi connectivity index (χ2n) is 7.63. The number of aromatic nitrogens is 4. The van der Waals surface area contributed by atoms with Crippen LogP contribution in [-0.4, -0.2) is 26.3 Å². The Balaban J connectivity index is 1.75. The van der Waals surface area contributed by atoms with Gasteiger partial charge in [-0.25, -0.2) is 4.68 Å². The Morgan fingerprint density at radius 1 is 0.966 bits per heavy atom. The van der Waals surface area contributed by atoms with Gasteiger partial charge in [-0.05, 0) is 43.5 Å². The Kier molecular flexibility index (Phi) is 5.42. The van der Waals surface area contributed by atoms with E-state index in [-0.39, 0.29) is 0 Å². The highest BCUT2D eigenvalue weighted by molar-refractivity contribution is 5.90. The van der Waals surface area contributed by atoms with Crippen molar-refractivity contribution < 1.29 is 0 Å². The summed E-state index contributed by atoms with van der Waals surface area (Å²) in [6, 6.07) is 18.3. The molecule has 0 amide bonds. The van der Waals surface area contributed by atoms with Crippen LogP contribution in [0.1, 0.15) is 25.8 Å². The Hall–Kier alpha value is -3.41. The molecule has 0 saturated carbocycles. The zero-order valence-electron chi connectivity index (χ0n) is 17.1. The Morgan fingerprint density at radius 2 is 1.72 bits per heavy atom. The number of hydrogen-bond donors (Lipinski definition) is 2. The average Bonchev–Trinajstić information content (AvgIpc) is 3.14. The van der Waals surface area contributed by atoms with Crippen molar-refractivity contribution in [1.82, 2.24) is 19.7 Å². The number of fused-ring (bicyclic) bond motifs is 1. The molecule has 2 N–H and O–H groups in total. The fraction of sp³-hybridized carbons (Fsp3) is 0.261. The van der Waals surface area contributed by atoms with Gasteiger partial charge < -0.3 is 10.6 Å². The minimum atomic E-state index is 0.602. The van der Waals surface area contributed by atoms with Gasteiger partial charge in [0.05, 0.1) is 17.3 Å². The maximum absolute atomic E-state index is 4.76. The van der Waals surface area contributed by atoms with E-state index in [1.165, 1.54) is 5.56 Å². The number of benzene rings is 2. The molecule has 2 heterocycles. The van der Waals surface area contributed by atoms with Gasteiger partial charge in [0.25, 0.3) is 0 Å². The van der Waals surface area contributed by atoms with E-state index in [4.69, 9.17) is 9.97 Å². The molecule has 0 fully saturated rings. The van der Waals surface area contributed by atoms with Crippen LogP contribution < -0.4 is 10.6 Å². The van der Waals surface area contributed by atoms with Gasteiger partial charge >= 0.3 is 0 Å². The van der Waals surface area contributed by atoms with Crippen LogP contribution in [0.2, 0.25) is 0 Å². The van der Waals surface area contributed by atoms with E-state index in [0.29, 0.717) is 11.9 Å². The summed E-state index contributed by atoms with van der Waals surface area (Å²) in [7, 11) is 0. The number of nitrogens with one attached hydrogen (secondary N) is 2. The zero-order valence-corrected chi connectivity index (χ0v) is 17.1. The Labute approximate surface area is 171 Å². The predicted molar refractivity (Wildman–Crippen MR) is 119 cm³/mol. The molecule has 0 aliphatic heterocycles. The summed E-state index contributed by atoms with van der Waals surface area (Å²) in [6.45, 7) is 7.32. The lowest BCUT2D eigenvalue weighted by Crippen LogP contribution is -2.10. The quantitative estimate of drug-likeness (QED) is 0.450. The molecule has 6 nitrogen and oxygen atoms in total. The summed E-state index contributed by atoms with van der Waals surface area (Å²) in [4.78, 5) is 9.50. The van der Waals surface area contributed by atoms with Gasteiger partial charge in [0, 0.05) is 12.2 Å². The van der Waals surface area contributed by atoms with E-state index in [9.17, 15) is 0 Å². The van der Waals surface area contributed by atoms with Gasteiger partial charge in [-0.15, -0.1) is 0 Å². The van der Waals surface area contributed by atoms with Crippen LogP contribution in [0.5, 0.6) is 0 Å². The zero-order chi connectivity index (χ0) is 20.2. The second kappa shape index (κ2) is 8.31. The fourth-order valence-corrected chi connectivity index (χ4v) is 3.09. The maximum atomic E-state index is 4.76. The lowest BCUT2D eigenvalue weighted by Gasteiger charge is -2.12. The molecule has 0 atom stereocenters. The Morgan fingerprint density at radius 3 is 2.45 bits per heavy atom. The van der Waals surface area contributed by atoms with E-state index >= 15 is 0 Å². The highest BCUT2D eigenvalue weighted by Crippen LogP contribution is 2.27. The van der Waals surface area contributed by atoms with Crippen LogP contribution in [0.25, 0.3) is 16.7 Å². The molecule has 0 spiro atoms. The number of hydrogen-bond acceptors (Lipinski definition) is 5. The number of para-hydroxylation sites is 1. The van der Waals surface area contributed by atoms with Crippen molar-refractivity contribution in [2.24, 2.45) is 5.92 Å². The van der Waals surface area contributed by atoms with Gasteiger partial charge in [-0.1, -0.05) is 49.7 Å². The summed E-state index contributed by atoms with van der Waals surface area (Å²) in [5, 5.41) is 12.3. The summed E-state index contributed by atoms with van der Waals surface area (Å²) >= 11 is 0. The molecule has 0 radical (unpaired) electrons. The summed E-state index contributed by atoms with van der Waals surface area (Å²) in [5.74, 6) is 1.96. The van der Waals surface area contributed by atoms with Crippen LogP contribution >= 0.6 is 0 Å². The molecule has 0 bridgehead atoms. The third-order valence-electron chi connectivity index (χ3n) is 4.75. The first-order valence-electron chi connectivity index (χ1n) is 9.99. The van der Waals surface area contributed by atoms with Crippen LogP contribution in [0.15, 0.2) is 60.8 Å². The second-order valence-corrected chi connectivity index (χ2v) is 7.63. The van der Waals surface area contributed by atoms with Crippen molar-refractivity contribution in [3.8, 4) is 5.69 Å². The molecular formula is C23H26N6. The standard InChI is InChI=1S/C23H26N6/c1-16(2)13-14-24-23-27-21(26-18-11-9-17(3)10-12-18)20-15-25-29(22(20)28-23)19-7-5-4-6-8-19/h4-12,15-16H,13-14H2,1-3H3,(H2,24,26,27,28). The van der Waals surface area contributed by atoms with E-state index < -0.39 is 0 Å². The summed E-state index contributed by atoms with van der Waals surface area (Å²) in [5.41, 5.74) is 3.94. The van der Waals surface area contributed by atoms with Crippen molar-refractivity contribution in [3.63, 3.8) is 0 Å². The molecule has 0 aliphatic rings. The lowest BCUT2D eigenvalue weighted by molar-refractivity contribution is 0.606. The molecule has 0 aliphatic carbocycles. The van der Waals surface area contributed by atoms with Crippen molar-refractivity contribution in [2.75, 3.05) is 17.2 Å². The van der Waals surface area contributed by atoms with E-state index in [1.54, 1.807) is 0 Å². The first-order valence-corrected chi connectivity index (χ1v) is 9.99. The number of aryl methyl sites for hydroxylation is 1. The minimum absolute atomic E-state index is 0.602. The van der Waals surface area contributed by atoms with Crippen LogP contribution in [-0.2, 0) is 0 Å². The smallest absolute Gasteiger partial charge is 0.226 e. The normalized spacial score (nSPS) is 11.2. The van der Waals surface area contributed by atoms with Gasteiger partial charge in [0.2, 0.25) is 5.95 Å². The monoisotopic (exact) mass is 386 g/mol. The number of anilines is 3. The van der Waals surface area contributed by atoms with Gasteiger partial charge in [-0.2, -0.15) is 15.1 Å². The Bertz CT molecular complexity index is 1080. The lowest BCUT2D eigenvalue weighted by atomic mass is 10.1. The molecule has 148 valence electrons. The van der Waals surface area contributed by atoms with Gasteiger partial charge in [0.15, 0.2) is 5.65 Å². The molecule has 29 heavy (non-hydrogen) atoms. The van der Waals surface area contributed by atoms with Crippen molar-refractivity contribution >= 4 is 28.5 Å². The molecule has 0 saturated heterocycles. The highest BCUT2D eigenvalue weighted by Gasteiger charge is 2.14. The SMILES string of the molecule is Cc1ccc(Nc2nc(NCCC(C)C)nc3c2cnn3-c2ccccc2)cc1. The van der Waals surface area contributed by atoms with Gasteiger partial charge in [0.1, 0.15) is 5.82 Å².